The highest BCUT2D eigenvalue weighted by Crippen LogP contribution is 2.24. The van der Waals surface area contributed by atoms with E-state index in [0.717, 1.165) is 13.0 Å². The Morgan fingerprint density at radius 3 is 2.75 bits per heavy atom. The second-order valence-electron chi connectivity index (χ2n) is 5.92. The SMILES string of the molecule is CCCNC(CC1=CCCCC1)Cc1nc(C)c(C)s1. The van der Waals surface area contributed by atoms with Crippen LogP contribution in [0, 0.1) is 13.8 Å². The van der Waals surface area contributed by atoms with E-state index in [1.54, 1.807) is 5.57 Å². The lowest BCUT2D eigenvalue weighted by Gasteiger charge is -2.21. The zero-order chi connectivity index (χ0) is 14.4. The molecular weight excluding hydrogens is 264 g/mol. The van der Waals surface area contributed by atoms with Gasteiger partial charge in [-0.05, 0) is 58.9 Å². The number of hydrogen-bond donors (Lipinski definition) is 1. The zero-order valence-electron chi connectivity index (χ0n) is 13.2. The molecule has 1 atom stereocenters. The van der Waals surface area contributed by atoms with Gasteiger partial charge < -0.3 is 5.32 Å². The van der Waals surface area contributed by atoms with Gasteiger partial charge >= 0.3 is 0 Å². The molecule has 2 nitrogen and oxygen atoms in total. The van der Waals surface area contributed by atoms with Gasteiger partial charge in [-0.25, -0.2) is 4.98 Å². The van der Waals surface area contributed by atoms with E-state index in [9.17, 15) is 0 Å². The maximum Gasteiger partial charge on any atom is 0.0946 e. The van der Waals surface area contributed by atoms with E-state index in [4.69, 9.17) is 4.98 Å². The summed E-state index contributed by atoms with van der Waals surface area (Å²) >= 11 is 1.87. The fourth-order valence-electron chi connectivity index (χ4n) is 2.81. The van der Waals surface area contributed by atoms with E-state index in [1.807, 2.05) is 11.3 Å². The molecule has 112 valence electrons. The fourth-order valence-corrected chi connectivity index (χ4v) is 3.82. The van der Waals surface area contributed by atoms with E-state index in [-0.39, 0.29) is 0 Å². The van der Waals surface area contributed by atoms with Crippen LogP contribution in [0.4, 0.5) is 0 Å². The van der Waals surface area contributed by atoms with Gasteiger partial charge in [-0.2, -0.15) is 0 Å². The predicted octanol–water partition coefficient (Wildman–Crippen LogP) is 4.56. The van der Waals surface area contributed by atoms with Gasteiger partial charge in [0.25, 0.3) is 0 Å². The van der Waals surface area contributed by atoms with E-state index < -0.39 is 0 Å². The second kappa shape index (κ2) is 7.94. The van der Waals surface area contributed by atoms with E-state index >= 15 is 0 Å². The largest absolute Gasteiger partial charge is 0.313 e. The Balaban J connectivity index is 1.96. The number of allylic oxidation sites excluding steroid dienone is 1. The van der Waals surface area contributed by atoms with Gasteiger partial charge in [-0.15, -0.1) is 11.3 Å². The smallest absolute Gasteiger partial charge is 0.0946 e. The molecule has 1 unspecified atom stereocenters. The Morgan fingerprint density at radius 1 is 1.30 bits per heavy atom. The average molecular weight is 292 g/mol. The van der Waals surface area contributed by atoms with Crippen molar-refractivity contribution in [2.75, 3.05) is 6.54 Å². The van der Waals surface area contributed by atoms with Gasteiger partial charge in [0.2, 0.25) is 0 Å². The van der Waals surface area contributed by atoms with Crippen molar-refractivity contribution in [3.05, 3.63) is 27.2 Å². The highest BCUT2D eigenvalue weighted by Gasteiger charge is 2.15. The number of thiazole rings is 1. The molecule has 0 amide bonds. The number of nitrogens with zero attached hydrogens (tertiary/aromatic N) is 1. The standard InChI is InChI=1S/C17H28N2S/c1-4-10-18-16(11-15-8-6-5-7-9-15)12-17-19-13(2)14(3)20-17/h8,16,18H,4-7,9-12H2,1-3H3. The number of aryl methyl sites for hydroxylation is 2. The molecule has 0 saturated heterocycles. The molecule has 1 aromatic rings. The first-order valence-electron chi connectivity index (χ1n) is 8.03. The van der Waals surface area contributed by atoms with Crippen LogP contribution in [0.25, 0.3) is 0 Å². The molecule has 0 spiro atoms. The van der Waals surface area contributed by atoms with Crippen molar-refractivity contribution >= 4 is 11.3 Å². The van der Waals surface area contributed by atoms with Gasteiger partial charge in [0.05, 0.1) is 10.7 Å². The van der Waals surface area contributed by atoms with Crippen LogP contribution in [-0.4, -0.2) is 17.6 Å². The third-order valence-corrected chi connectivity index (χ3v) is 5.17. The van der Waals surface area contributed by atoms with E-state index in [2.05, 4.69) is 32.2 Å². The predicted molar refractivity (Wildman–Crippen MR) is 88.5 cm³/mol. The molecule has 3 heteroatoms. The van der Waals surface area contributed by atoms with Crippen LogP contribution in [0.3, 0.4) is 0 Å². The van der Waals surface area contributed by atoms with Crippen molar-refractivity contribution in [1.82, 2.24) is 10.3 Å². The molecule has 0 radical (unpaired) electrons. The van der Waals surface area contributed by atoms with Crippen molar-refractivity contribution in [3.63, 3.8) is 0 Å². The minimum Gasteiger partial charge on any atom is -0.313 e. The molecule has 0 aromatic carbocycles. The number of hydrogen-bond acceptors (Lipinski definition) is 3. The van der Waals surface area contributed by atoms with Gasteiger partial charge in [0, 0.05) is 17.3 Å². The average Bonchev–Trinajstić information content (AvgIpc) is 2.76. The summed E-state index contributed by atoms with van der Waals surface area (Å²) < 4.78 is 0. The molecule has 20 heavy (non-hydrogen) atoms. The van der Waals surface area contributed by atoms with Crippen molar-refractivity contribution < 1.29 is 0 Å². The Bertz CT molecular complexity index is 428. The lowest BCUT2D eigenvalue weighted by molar-refractivity contribution is 0.489. The molecule has 0 saturated carbocycles. The molecule has 1 aliphatic carbocycles. The Morgan fingerprint density at radius 2 is 2.15 bits per heavy atom. The van der Waals surface area contributed by atoms with Crippen LogP contribution in [0.2, 0.25) is 0 Å². The quantitative estimate of drug-likeness (QED) is 0.745. The molecular formula is C17H28N2S. The zero-order valence-corrected chi connectivity index (χ0v) is 14.0. The maximum atomic E-state index is 4.71. The highest BCUT2D eigenvalue weighted by atomic mass is 32.1. The Hall–Kier alpha value is -0.670. The Kier molecular flexibility index (Phi) is 6.24. The molecule has 1 N–H and O–H groups in total. The van der Waals surface area contributed by atoms with Crippen LogP contribution in [-0.2, 0) is 6.42 Å². The van der Waals surface area contributed by atoms with Gasteiger partial charge in [-0.3, -0.25) is 0 Å². The van der Waals surface area contributed by atoms with Crippen molar-refractivity contribution in [2.45, 2.75) is 71.8 Å². The maximum absolute atomic E-state index is 4.71. The molecule has 1 aliphatic rings. The van der Waals surface area contributed by atoms with Crippen molar-refractivity contribution in [1.29, 1.82) is 0 Å². The summed E-state index contributed by atoms with van der Waals surface area (Å²) in [5, 5.41) is 5.02. The normalized spacial score (nSPS) is 17.1. The molecule has 0 fully saturated rings. The summed E-state index contributed by atoms with van der Waals surface area (Å²) in [4.78, 5) is 6.08. The molecule has 1 aromatic heterocycles. The summed E-state index contributed by atoms with van der Waals surface area (Å²) in [6.45, 7) is 7.64. The molecule has 0 aliphatic heterocycles. The number of nitrogens with one attached hydrogen (secondary N) is 1. The molecule has 1 heterocycles. The summed E-state index contributed by atoms with van der Waals surface area (Å²) in [6, 6.07) is 0.559. The molecule has 2 rings (SSSR count). The third-order valence-electron chi connectivity index (χ3n) is 4.07. The van der Waals surface area contributed by atoms with E-state index in [0.29, 0.717) is 6.04 Å². The van der Waals surface area contributed by atoms with Gasteiger partial charge in [0.1, 0.15) is 0 Å². The number of rotatable bonds is 7. The molecule has 0 bridgehead atoms. The third kappa shape index (κ3) is 4.71. The van der Waals surface area contributed by atoms with Crippen LogP contribution in [0.15, 0.2) is 11.6 Å². The summed E-state index contributed by atoms with van der Waals surface area (Å²) in [6.07, 6.45) is 11.3. The van der Waals surface area contributed by atoms with Gasteiger partial charge in [0.15, 0.2) is 0 Å². The van der Waals surface area contributed by atoms with Crippen LogP contribution >= 0.6 is 11.3 Å². The second-order valence-corrected chi connectivity index (χ2v) is 7.20. The monoisotopic (exact) mass is 292 g/mol. The topological polar surface area (TPSA) is 24.9 Å². The first-order chi connectivity index (χ1) is 9.69. The summed E-state index contributed by atoms with van der Waals surface area (Å²) in [5.41, 5.74) is 2.87. The van der Waals surface area contributed by atoms with E-state index in [1.165, 1.54) is 54.1 Å². The number of aromatic nitrogens is 1. The van der Waals surface area contributed by atoms with Crippen molar-refractivity contribution in [2.24, 2.45) is 0 Å². The summed E-state index contributed by atoms with van der Waals surface area (Å²) in [5.74, 6) is 0. The van der Waals surface area contributed by atoms with Crippen LogP contribution < -0.4 is 5.32 Å². The lowest BCUT2D eigenvalue weighted by atomic mass is 9.93. The first kappa shape index (κ1) is 15.7. The first-order valence-corrected chi connectivity index (χ1v) is 8.85. The lowest BCUT2D eigenvalue weighted by Crippen LogP contribution is -2.32. The minimum atomic E-state index is 0.559. The fraction of sp³-hybridized carbons (Fsp3) is 0.706. The minimum absolute atomic E-state index is 0.559. The summed E-state index contributed by atoms with van der Waals surface area (Å²) in [7, 11) is 0. The highest BCUT2D eigenvalue weighted by molar-refractivity contribution is 7.11. The Labute approximate surface area is 127 Å². The van der Waals surface area contributed by atoms with Crippen molar-refractivity contribution in [3.8, 4) is 0 Å². The van der Waals surface area contributed by atoms with Crippen LogP contribution in [0.1, 0.15) is 61.0 Å². The van der Waals surface area contributed by atoms with Crippen LogP contribution in [0.5, 0.6) is 0 Å². The van der Waals surface area contributed by atoms with Gasteiger partial charge in [-0.1, -0.05) is 18.6 Å².